The monoisotopic (exact) mass is 486 g/mol. The second kappa shape index (κ2) is 8.73. The second-order valence-corrected chi connectivity index (χ2v) is 8.49. The molecule has 3 heterocycles. The first-order valence-corrected chi connectivity index (χ1v) is 11.0. The first-order chi connectivity index (χ1) is 16.8. The van der Waals surface area contributed by atoms with Crippen LogP contribution in [0.1, 0.15) is 32.0 Å². The van der Waals surface area contributed by atoms with Gasteiger partial charge in [-0.25, -0.2) is 4.98 Å². The summed E-state index contributed by atoms with van der Waals surface area (Å²) in [6.45, 7) is 0.172. The summed E-state index contributed by atoms with van der Waals surface area (Å²) in [5.74, 6) is 0.00183. The Morgan fingerprint density at radius 3 is 2.66 bits per heavy atom. The number of amides is 3. The van der Waals surface area contributed by atoms with Crippen molar-refractivity contribution in [1.82, 2.24) is 15.2 Å². The highest BCUT2D eigenvalue weighted by molar-refractivity contribution is 6.35. The van der Waals surface area contributed by atoms with E-state index in [0.717, 1.165) is 27.0 Å². The zero-order valence-corrected chi connectivity index (χ0v) is 19.3. The van der Waals surface area contributed by atoms with Crippen LogP contribution in [0, 0.1) is 0 Å². The molecule has 5 rings (SSSR count). The molecule has 35 heavy (non-hydrogen) atoms. The highest BCUT2D eigenvalue weighted by Crippen LogP contribution is 2.34. The van der Waals surface area contributed by atoms with Crippen LogP contribution >= 0.6 is 11.6 Å². The smallest absolute Gasteiger partial charge is 0.261 e. The molecule has 0 unspecified atom stereocenters. The van der Waals surface area contributed by atoms with E-state index >= 15 is 0 Å². The van der Waals surface area contributed by atoms with E-state index in [1.807, 2.05) is 6.07 Å². The first kappa shape index (κ1) is 22.4. The van der Waals surface area contributed by atoms with Gasteiger partial charge in [-0.1, -0.05) is 17.7 Å². The van der Waals surface area contributed by atoms with E-state index in [9.17, 15) is 14.4 Å². The molecule has 0 atom stereocenters. The molecule has 3 N–H and O–H groups in total. The maximum Gasteiger partial charge on any atom is 0.261 e. The molecule has 1 aliphatic rings. The van der Waals surface area contributed by atoms with Gasteiger partial charge >= 0.3 is 0 Å². The number of halogens is 1. The van der Waals surface area contributed by atoms with Gasteiger partial charge in [0.25, 0.3) is 11.8 Å². The number of hydrogen-bond donors (Lipinski definition) is 2. The van der Waals surface area contributed by atoms with Crippen molar-refractivity contribution in [1.29, 1.82) is 0 Å². The van der Waals surface area contributed by atoms with Crippen LogP contribution in [-0.4, -0.2) is 34.7 Å². The number of benzene rings is 2. The van der Waals surface area contributed by atoms with Crippen LogP contribution in [0.25, 0.3) is 28.2 Å². The number of carbonyl (C=O) groups excluding carboxylic acids is 3. The number of rotatable bonds is 5. The van der Waals surface area contributed by atoms with Crippen molar-refractivity contribution in [3.8, 4) is 11.1 Å². The number of aromatic nitrogens is 1. The van der Waals surface area contributed by atoms with Crippen LogP contribution in [0.15, 0.2) is 65.2 Å². The third-order valence-electron chi connectivity index (χ3n) is 5.72. The van der Waals surface area contributed by atoms with Gasteiger partial charge in [-0.3, -0.25) is 19.3 Å². The van der Waals surface area contributed by atoms with Crippen molar-refractivity contribution >= 4 is 52.2 Å². The van der Waals surface area contributed by atoms with Crippen LogP contribution < -0.4 is 11.1 Å². The Morgan fingerprint density at radius 2 is 1.89 bits per heavy atom. The van der Waals surface area contributed by atoms with Crippen molar-refractivity contribution in [2.75, 3.05) is 12.8 Å². The topological polar surface area (TPSA) is 119 Å². The lowest BCUT2D eigenvalue weighted by atomic mass is 9.99. The molecule has 4 aromatic rings. The Morgan fingerprint density at radius 1 is 1.09 bits per heavy atom. The van der Waals surface area contributed by atoms with Gasteiger partial charge in [0.05, 0.1) is 22.7 Å². The number of pyridine rings is 1. The highest BCUT2D eigenvalue weighted by atomic mass is 35.5. The van der Waals surface area contributed by atoms with E-state index in [1.165, 1.54) is 13.1 Å². The number of fused-ring (bicyclic) bond motifs is 2. The van der Waals surface area contributed by atoms with Crippen molar-refractivity contribution in [3.63, 3.8) is 0 Å². The minimum absolute atomic E-state index is 0.172. The number of furan rings is 1. The third-order valence-corrected chi connectivity index (χ3v) is 6.00. The zero-order valence-electron chi connectivity index (χ0n) is 18.5. The predicted molar refractivity (Wildman–Crippen MR) is 133 cm³/mol. The lowest BCUT2D eigenvalue weighted by Gasteiger charge is -2.05. The Kier molecular flexibility index (Phi) is 5.58. The molecular formula is C26H19ClN4O4. The number of hydrogen-bond acceptors (Lipinski definition) is 6. The molecule has 8 nitrogen and oxygen atoms in total. The summed E-state index contributed by atoms with van der Waals surface area (Å²) in [6, 6.07) is 14.0. The molecule has 0 saturated heterocycles. The lowest BCUT2D eigenvalue weighted by molar-refractivity contribution is -0.116. The van der Waals surface area contributed by atoms with Crippen LogP contribution in [0.4, 0.5) is 5.82 Å². The molecule has 0 aliphatic carbocycles. The van der Waals surface area contributed by atoms with Crippen LogP contribution in [-0.2, 0) is 11.3 Å². The van der Waals surface area contributed by atoms with Gasteiger partial charge in [-0.05, 0) is 65.2 Å². The molecular weight excluding hydrogens is 468 g/mol. The summed E-state index contributed by atoms with van der Waals surface area (Å²) in [4.78, 5) is 41.8. The van der Waals surface area contributed by atoms with Gasteiger partial charge in [0, 0.05) is 24.7 Å². The van der Waals surface area contributed by atoms with Crippen molar-refractivity contribution in [2.45, 2.75) is 6.54 Å². The summed E-state index contributed by atoms with van der Waals surface area (Å²) in [5, 5.41) is 3.91. The SMILES string of the molecule is CN1C(=O)c2ccc(-c3cc(Cl)c4oc(CNC(=O)C=Cc5ccc(N)nc5)cc4c3)cc2C1=O. The summed E-state index contributed by atoms with van der Waals surface area (Å²) in [5.41, 5.74) is 9.08. The molecule has 0 radical (unpaired) electrons. The summed E-state index contributed by atoms with van der Waals surface area (Å²) in [7, 11) is 1.46. The van der Waals surface area contributed by atoms with Gasteiger partial charge in [-0.15, -0.1) is 0 Å². The average molecular weight is 487 g/mol. The van der Waals surface area contributed by atoms with Crippen LogP contribution in [0.3, 0.4) is 0 Å². The van der Waals surface area contributed by atoms with Gasteiger partial charge in [0.15, 0.2) is 5.58 Å². The Labute approximate surface area is 205 Å². The molecule has 0 spiro atoms. The fraction of sp³-hybridized carbons (Fsp3) is 0.0769. The number of nitrogens with two attached hydrogens (primary N) is 1. The van der Waals surface area contributed by atoms with E-state index < -0.39 is 0 Å². The first-order valence-electron chi connectivity index (χ1n) is 10.7. The average Bonchev–Trinajstić information content (AvgIpc) is 3.37. The highest BCUT2D eigenvalue weighted by Gasteiger charge is 2.32. The fourth-order valence-electron chi connectivity index (χ4n) is 3.88. The number of nitrogen functional groups attached to an aromatic ring is 1. The van der Waals surface area contributed by atoms with Gasteiger partial charge in [0.1, 0.15) is 11.6 Å². The van der Waals surface area contributed by atoms with Crippen molar-refractivity contribution in [3.05, 3.63) is 88.3 Å². The zero-order chi connectivity index (χ0) is 24.7. The van der Waals surface area contributed by atoms with Crippen molar-refractivity contribution < 1.29 is 18.8 Å². The van der Waals surface area contributed by atoms with Crippen molar-refractivity contribution in [2.24, 2.45) is 0 Å². The largest absolute Gasteiger partial charge is 0.458 e. The Bertz CT molecular complexity index is 1540. The van der Waals surface area contributed by atoms with Crippen LogP contribution in [0.5, 0.6) is 0 Å². The Hall–Kier alpha value is -4.43. The third kappa shape index (κ3) is 4.27. The molecule has 174 valence electrons. The molecule has 0 saturated carbocycles. The minimum atomic E-state index is -0.331. The molecule has 1 aliphatic heterocycles. The minimum Gasteiger partial charge on any atom is -0.458 e. The standard InChI is InChI=1S/C26H19ClN4O4/c1-31-25(33)19-5-4-15(10-20(19)26(31)34)16-8-17-9-18(35-24(17)21(27)11-16)13-30-23(32)7-3-14-2-6-22(28)29-12-14/h2-12H,13H2,1H3,(H2,28,29)(H,30,32). The number of imide groups is 1. The molecule has 0 fully saturated rings. The number of anilines is 1. The predicted octanol–water partition coefficient (Wildman–Crippen LogP) is 4.29. The maximum atomic E-state index is 12.4. The lowest BCUT2D eigenvalue weighted by Crippen LogP contribution is -2.24. The van der Waals surface area contributed by atoms with Gasteiger partial charge in [-0.2, -0.15) is 0 Å². The van der Waals surface area contributed by atoms with Crippen LogP contribution in [0.2, 0.25) is 5.02 Å². The van der Waals surface area contributed by atoms with Gasteiger partial charge < -0.3 is 15.5 Å². The number of nitrogens with zero attached hydrogens (tertiary/aromatic N) is 2. The Balaban J connectivity index is 1.34. The second-order valence-electron chi connectivity index (χ2n) is 8.09. The summed E-state index contributed by atoms with van der Waals surface area (Å²) >= 11 is 6.47. The van der Waals surface area contributed by atoms with E-state index in [4.69, 9.17) is 21.8 Å². The molecule has 3 amide bonds. The number of nitrogens with one attached hydrogen (secondary N) is 1. The molecule has 9 heteroatoms. The maximum absolute atomic E-state index is 12.4. The van der Waals surface area contributed by atoms with E-state index in [-0.39, 0.29) is 24.3 Å². The van der Waals surface area contributed by atoms with Gasteiger partial charge in [0.2, 0.25) is 5.91 Å². The normalized spacial score (nSPS) is 13.1. The van der Waals surface area contributed by atoms with E-state index in [0.29, 0.717) is 33.3 Å². The molecule has 2 aromatic heterocycles. The summed E-state index contributed by atoms with van der Waals surface area (Å²) < 4.78 is 5.84. The number of carbonyl (C=O) groups is 3. The fourth-order valence-corrected chi connectivity index (χ4v) is 4.14. The summed E-state index contributed by atoms with van der Waals surface area (Å²) in [6.07, 6.45) is 4.61. The van der Waals surface area contributed by atoms with E-state index in [1.54, 1.807) is 54.7 Å². The molecule has 2 aromatic carbocycles. The quantitative estimate of drug-likeness (QED) is 0.321. The molecule has 0 bridgehead atoms. The van der Waals surface area contributed by atoms with E-state index in [2.05, 4.69) is 10.3 Å².